The molecule has 0 unspecified atom stereocenters. The summed E-state index contributed by atoms with van der Waals surface area (Å²) in [6.07, 6.45) is 3.12. The average Bonchev–Trinajstić information content (AvgIpc) is 2.33. The Morgan fingerprint density at radius 3 is 2.47 bits per heavy atom. The maximum Gasteiger partial charge on any atom is 0.192 e. The highest BCUT2D eigenvalue weighted by molar-refractivity contribution is 7.99. The van der Waals surface area contributed by atoms with Crippen LogP contribution in [0, 0.1) is 5.82 Å². The summed E-state index contributed by atoms with van der Waals surface area (Å²) in [5.41, 5.74) is 11.5. The Labute approximate surface area is 106 Å². The van der Waals surface area contributed by atoms with Crippen molar-refractivity contribution in [1.29, 1.82) is 0 Å². The van der Waals surface area contributed by atoms with Crippen molar-refractivity contribution >= 4 is 34.7 Å². The highest BCUT2D eigenvalue weighted by atomic mass is 35.5. The van der Waals surface area contributed by atoms with Gasteiger partial charge in [-0.15, -0.1) is 0 Å². The molecule has 4 nitrogen and oxygen atoms in total. The van der Waals surface area contributed by atoms with Crippen LogP contribution in [0.4, 0.5) is 15.8 Å². The zero-order chi connectivity index (χ0) is 12.4. The maximum atomic E-state index is 13.8. The summed E-state index contributed by atoms with van der Waals surface area (Å²) in [5, 5.41) is 0.247. The fourth-order valence-electron chi connectivity index (χ4n) is 1.18. The van der Waals surface area contributed by atoms with E-state index in [1.807, 2.05) is 0 Å². The van der Waals surface area contributed by atoms with Gasteiger partial charge in [-0.25, -0.2) is 14.4 Å². The quantitative estimate of drug-likeness (QED) is 0.648. The third-order valence-electron chi connectivity index (χ3n) is 1.95. The molecule has 0 bridgehead atoms. The molecule has 0 atom stereocenters. The zero-order valence-electron chi connectivity index (χ0n) is 8.52. The minimum Gasteiger partial charge on any atom is -0.398 e. The Balaban J connectivity index is 2.43. The van der Waals surface area contributed by atoms with Gasteiger partial charge in [0.25, 0.3) is 0 Å². The van der Waals surface area contributed by atoms with Crippen molar-refractivity contribution in [2.45, 2.75) is 10.1 Å². The van der Waals surface area contributed by atoms with E-state index < -0.39 is 5.82 Å². The summed E-state index contributed by atoms with van der Waals surface area (Å²) < 4.78 is 13.8. The molecular weight excluding hydrogens is 263 g/mol. The summed E-state index contributed by atoms with van der Waals surface area (Å²) in [7, 11) is 0. The van der Waals surface area contributed by atoms with Crippen LogP contribution in [0.15, 0.2) is 34.6 Å². The lowest BCUT2D eigenvalue weighted by molar-refractivity contribution is 0.604. The van der Waals surface area contributed by atoms with Crippen LogP contribution < -0.4 is 11.5 Å². The van der Waals surface area contributed by atoms with Gasteiger partial charge in [0, 0.05) is 12.4 Å². The van der Waals surface area contributed by atoms with E-state index in [1.165, 1.54) is 6.07 Å². The van der Waals surface area contributed by atoms with Crippen molar-refractivity contribution in [3.63, 3.8) is 0 Å². The normalized spacial score (nSPS) is 10.5. The van der Waals surface area contributed by atoms with Gasteiger partial charge in [-0.05, 0) is 23.9 Å². The SMILES string of the molecule is Nc1cc(N)c(Sc2ncccn2)c(F)c1Cl. The molecule has 2 aromatic rings. The number of nitrogens with two attached hydrogens (primary N) is 2. The summed E-state index contributed by atoms with van der Waals surface area (Å²) in [4.78, 5) is 8.10. The van der Waals surface area contributed by atoms with Crippen LogP contribution in [0.5, 0.6) is 0 Å². The molecule has 0 radical (unpaired) electrons. The zero-order valence-corrected chi connectivity index (χ0v) is 10.1. The maximum absolute atomic E-state index is 13.8. The predicted molar refractivity (Wildman–Crippen MR) is 66.4 cm³/mol. The van der Waals surface area contributed by atoms with Crippen LogP contribution in [0.3, 0.4) is 0 Å². The van der Waals surface area contributed by atoms with Crippen molar-refractivity contribution in [1.82, 2.24) is 9.97 Å². The molecule has 0 amide bonds. The second-order valence-electron chi connectivity index (χ2n) is 3.15. The Morgan fingerprint density at radius 1 is 1.18 bits per heavy atom. The summed E-state index contributed by atoms with van der Waals surface area (Å²) in [6.45, 7) is 0. The summed E-state index contributed by atoms with van der Waals surface area (Å²) in [5.74, 6) is -0.651. The Morgan fingerprint density at radius 2 is 1.82 bits per heavy atom. The van der Waals surface area contributed by atoms with Gasteiger partial charge in [0.2, 0.25) is 0 Å². The Kier molecular flexibility index (Phi) is 3.35. The van der Waals surface area contributed by atoms with Gasteiger partial charge in [0.1, 0.15) is 5.02 Å². The molecular formula is C10H8ClFN4S. The van der Waals surface area contributed by atoms with Crippen molar-refractivity contribution in [2.24, 2.45) is 0 Å². The lowest BCUT2D eigenvalue weighted by Gasteiger charge is -2.08. The van der Waals surface area contributed by atoms with Crippen LogP contribution in [0.2, 0.25) is 5.02 Å². The van der Waals surface area contributed by atoms with E-state index in [9.17, 15) is 4.39 Å². The predicted octanol–water partition coefficient (Wildman–Crippen LogP) is 2.58. The van der Waals surface area contributed by atoms with E-state index >= 15 is 0 Å². The smallest absolute Gasteiger partial charge is 0.192 e. The molecule has 0 aliphatic carbocycles. The van der Waals surface area contributed by atoms with Gasteiger partial charge in [-0.2, -0.15) is 0 Å². The molecule has 0 fully saturated rings. The molecule has 1 aromatic heterocycles. The lowest BCUT2D eigenvalue weighted by Crippen LogP contribution is -1.98. The van der Waals surface area contributed by atoms with Crippen molar-refractivity contribution < 1.29 is 4.39 Å². The number of anilines is 2. The molecule has 0 aliphatic heterocycles. The third-order valence-corrected chi connectivity index (χ3v) is 3.35. The fraction of sp³-hybridized carbons (Fsp3) is 0. The molecule has 0 aliphatic rings. The first-order valence-electron chi connectivity index (χ1n) is 4.57. The molecule has 0 spiro atoms. The molecule has 0 saturated heterocycles. The molecule has 4 N–H and O–H groups in total. The second kappa shape index (κ2) is 4.77. The molecule has 0 saturated carbocycles. The van der Waals surface area contributed by atoms with E-state index in [4.69, 9.17) is 23.1 Å². The molecule has 1 aromatic carbocycles. The largest absolute Gasteiger partial charge is 0.398 e. The highest BCUT2D eigenvalue weighted by Gasteiger charge is 2.16. The minimum atomic E-state index is -0.651. The van der Waals surface area contributed by atoms with E-state index in [0.717, 1.165) is 11.8 Å². The monoisotopic (exact) mass is 270 g/mol. The van der Waals surface area contributed by atoms with Gasteiger partial charge in [-0.3, -0.25) is 0 Å². The second-order valence-corrected chi connectivity index (χ2v) is 4.50. The topological polar surface area (TPSA) is 77.8 Å². The standard InChI is InChI=1S/C10H8ClFN4S/c11-7-5(13)4-6(14)9(8(7)12)17-10-15-2-1-3-16-10/h1-4H,13-14H2. The Bertz CT molecular complexity index is 550. The van der Waals surface area contributed by atoms with Crippen LogP contribution in [-0.2, 0) is 0 Å². The molecule has 88 valence electrons. The average molecular weight is 271 g/mol. The minimum absolute atomic E-state index is 0.111. The van der Waals surface area contributed by atoms with E-state index in [1.54, 1.807) is 18.5 Å². The van der Waals surface area contributed by atoms with Gasteiger partial charge < -0.3 is 11.5 Å². The first kappa shape index (κ1) is 11.9. The number of halogens is 2. The van der Waals surface area contributed by atoms with Gasteiger partial charge >= 0.3 is 0 Å². The molecule has 17 heavy (non-hydrogen) atoms. The van der Waals surface area contributed by atoms with Crippen LogP contribution in [-0.4, -0.2) is 9.97 Å². The Hall–Kier alpha value is -1.53. The number of nitrogen functional groups attached to an aromatic ring is 2. The molecule has 1 heterocycles. The summed E-state index contributed by atoms with van der Waals surface area (Å²) in [6, 6.07) is 3.08. The third kappa shape index (κ3) is 2.42. The van der Waals surface area contributed by atoms with Gasteiger partial charge in [0.15, 0.2) is 11.0 Å². The highest BCUT2D eigenvalue weighted by Crippen LogP contribution is 2.38. The summed E-state index contributed by atoms with van der Waals surface area (Å²) >= 11 is 6.71. The molecule has 2 rings (SSSR count). The van der Waals surface area contributed by atoms with E-state index in [2.05, 4.69) is 9.97 Å². The van der Waals surface area contributed by atoms with E-state index in [-0.39, 0.29) is 21.3 Å². The van der Waals surface area contributed by atoms with Gasteiger partial charge in [0.05, 0.1) is 16.3 Å². The van der Waals surface area contributed by atoms with Gasteiger partial charge in [-0.1, -0.05) is 11.6 Å². The number of hydrogen-bond donors (Lipinski definition) is 2. The first-order chi connectivity index (χ1) is 8.09. The number of hydrogen-bond acceptors (Lipinski definition) is 5. The number of rotatable bonds is 2. The van der Waals surface area contributed by atoms with Crippen LogP contribution in [0.25, 0.3) is 0 Å². The van der Waals surface area contributed by atoms with Crippen molar-refractivity contribution in [2.75, 3.05) is 11.5 Å². The fourth-order valence-corrected chi connectivity index (χ4v) is 2.17. The van der Waals surface area contributed by atoms with Crippen molar-refractivity contribution in [3.8, 4) is 0 Å². The van der Waals surface area contributed by atoms with E-state index in [0.29, 0.717) is 5.16 Å². The van der Waals surface area contributed by atoms with Crippen molar-refractivity contribution in [3.05, 3.63) is 35.4 Å². The first-order valence-corrected chi connectivity index (χ1v) is 5.77. The van der Waals surface area contributed by atoms with Crippen LogP contribution >= 0.6 is 23.4 Å². The lowest BCUT2D eigenvalue weighted by atomic mass is 10.3. The van der Waals surface area contributed by atoms with Crippen LogP contribution in [0.1, 0.15) is 0 Å². The molecule has 7 heteroatoms. The number of aromatic nitrogens is 2. The number of nitrogens with zero attached hydrogens (tertiary/aromatic N) is 2. The number of benzene rings is 1.